The summed E-state index contributed by atoms with van der Waals surface area (Å²) < 4.78 is 14.8. The van der Waals surface area contributed by atoms with Crippen LogP contribution < -0.4 is 5.32 Å². The molecule has 0 unspecified atom stereocenters. The predicted octanol–water partition coefficient (Wildman–Crippen LogP) is 4.30. The highest BCUT2D eigenvalue weighted by Crippen LogP contribution is 2.25. The van der Waals surface area contributed by atoms with Gasteiger partial charge in [-0.3, -0.25) is 4.79 Å². The van der Waals surface area contributed by atoms with Crippen LogP contribution in [0, 0.1) is 19.7 Å². The second-order valence-electron chi connectivity index (χ2n) is 6.49. The first-order valence-electron chi connectivity index (χ1n) is 8.98. The van der Waals surface area contributed by atoms with Crippen molar-refractivity contribution in [3.05, 3.63) is 71.9 Å². The summed E-state index contributed by atoms with van der Waals surface area (Å²) in [5.41, 5.74) is 2.27. The van der Waals surface area contributed by atoms with E-state index in [1.165, 1.54) is 23.9 Å². The number of fused-ring (bicyclic) bond motifs is 1. The second-order valence-corrected chi connectivity index (χ2v) is 7.45. The molecule has 4 rings (SSSR count). The molecule has 0 atom stereocenters. The third-order valence-corrected chi connectivity index (χ3v) is 5.18. The standard InChI is InChI=1S/C21H18FN5OS/c1-13-11-19(27(26-13)16-9-7-15(22)8-10-16)25-20(28)12-29-21-17-5-3-4-6-18(17)23-14(2)24-21/h3-11H,12H2,1-2H3,(H,25,28). The summed E-state index contributed by atoms with van der Waals surface area (Å²) in [6.07, 6.45) is 0. The lowest BCUT2D eigenvalue weighted by Crippen LogP contribution is -2.17. The molecule has 0 radical (unpaired) electrons. The van der Waals surface area contributed by atoms with Gasteiger partial charge < -0.3 is 5.32 Å². The molecular weight excluding hydrogens is 389 g/mol. The first-order chi connectivity index (χ1) is 14.0. The average Bonchev–Trinajstić information content (AvgIpc) is 3.06. The van der Waals surface area contributed by atoms with Gasteiger partial charge in [0.15, 0.2) is 0 Å². The zero-order valence-corrected chi connectivity index (χ0v) is 16.7. The number of halogens is 1. The van der Waals surface area contributed by atoms with E-state index in [0.29, 0.717) is 17.3 Å². The van der Waals surface area contributed by atoms with Gasteiger partial charge in [-0.1, -0.05) is 30.0 Å². The van der Waals surface area contributed by atoms with E-state index >= 15 is 0 Å². The van der Waals surface area contributed by atoms with Crippen LogP contribution in [0.4, 0.5) is 10.2 Å². The van der Waals surface area contributed by atoms with Crippen molar-refractivity contribution < 1.29 is 9.18 Å². The Bertz CT molecular complexity index is 1190. The lowest BCUT2D eigenvalue weighted by molar-refractivity contribution is -0.113. The van der Waals surface area contributed by atoms with Crippen molar-refractivity contribution in [3.8, 4) is 5.69 Å². The third kappa shape index (κ3) is 4.27. The Hall–Kier alpha value is -3.26. The van der Waals surface area contributed by atoms with Crippen molar-refractivity contribution in [1.82, 2.24) is 19.7 Å². The first kappa shape index (κ1) is 19.1. The number of thioether (sulfide) groups is 1. The molecule has 0 spiro atoms. The molecule has 2 heterocycles. The topological polar surface area (TPSA) is 72.7 Å². The molecule has 0 fully saturated rings. The van der Waals surface area contributed by atoms with Gasteiger partial charge in [-0.2, -0.15) is 5.10 Å². The molecule has 0 bridgehead atoms. The number of amides is 1. The SMILES string of the molecule is Cc1cc(NC(=O)CSc2nc(C)nc3ccccc23)n(-c2ccc(F)cc2)n1. The number of nitrogens with one attached hydrogen (secondary N) is 1. The lowest BCUT2D eigenvalue weighted by atomic mass is 10.2. The molecule has 2 aromatic heterocycles. The van der Waals surface area contributed by atoms with Crippen LogP contribution in [0.1, 0.15) is 11.5 Å². The predicted molar refractivity (Wildman–Crippen MR) is 112 cm³/mol. The van der Waals surface area contributed by atoms with Gasteiger partial charge in [-0.15, -0.1) is 0 Å². The number of nitrogens with zero attached hydrogens (tertiary/aromatic N) is 4. The number of carbonyl (C=O) groups excluding carboxylic acids is 1. The summed E-state index contributed by atoms with van der Waals surface area (Å²) in [6.45, 7) is 3.67. The summed E-state index contributed by atoms with van der Waals surface area (Å²) in [5, 5.41) is 8.96. The number of benzene rings is 2. The van der Waals surface area contributed by atoms with Gasteiger partial charge in [-0.25, -0.2) is 19.0 Å². The number of aryl methyl sites for hydroxylation is 2. The normalized spacial score (nSPS) is 11.0. The molecule has 29 heavy (non-hydrogen) atoms. The largest absolute Gasteiger partial charge is 0.310 e. The smallest absolute Gasteiger partial charge is 0.235 e. The van der Waals surface area contributed by atoms with Gasteiger partial charge in [0, 0.05) is 11.5 Å². The Labute approximate surface area is 171 Å². The maximum atomic E-state index is 13.2. The minimum Gasteiger partial charge on any atom is -0.310 e. The van der Waals surface area contributed by atoms with Gasteiger partial charge in [-0.05, 0) is 44.2 Å². The summed E-state index contributed by atoms with van der Waals surface area (Å²) in [6, 6.07) is 15.4. The molecule has 0 aliphatic rings. The first-order valence-corrected chi connectivity index (χ1v) is 9.97. The molecule has 0 saturated carbocycles. The summed E-state index contributed by atoms with van der Waals surface area (Å²) in [4.78, 5) is 21.5. The van der Waals surface area contributed by atoms with Crippen molar-refractivity contribution in [2.75, 3.05) is 11.1 Å². The van der Waals surface area contributed by atoms with Gasteiger partial charge >= 0.3 is 0 Å². The third-order valence-electron chi connectivity index (χ3n) is 4.19. The number of hydrogen-bond acceptors (Lipinski definition) is 5. The quantitative estimate of drug-likeness (QED) is 0.394. The fourth-order valence-corrected chi connectivity index (χ4v) is 3.81. The van der Waals surface area contributed by atoms with Crippen LogP contribution in [-0.2, 0) is 4.79 Å². The molecule has 1 amide bonds. The maximum Gasteiger partial charge on any atom is 0.235 e. The number of carbonyl (C=O) groups is 1. The van der Waals surface area contributed by atoms with Crippen molar-refractivity contribution in [2.24, 2.45) is 0 Å². The zero-order valence-electron chi connectivity index (χ0n) is 15.9. The van der Waals surface area contributed by atoms with Crippen LogP contribution >= 0.6 is 11.8 Å². The Morgan fingerprint density at radius 2 is 1.86 bits per heavy atom. The maximum absolute atomic E-state index is 13.2. The van der Waals surface area contributed by atoms with Gasteiger partial charge in [0.05, 0.1) is 22.7 Å². The Kier molecular flexibility index (Phi) is 5.26. The van der Waals surface area contributed by atoms with Crippen LogP contribution in [0.5, 0.6) is 0 Å². The van der Waals surface area contributed by atoms with E-state index in [-0.39, 0.29) is 17.5 Å². The molecule has 0 aliphatic heterocycles. The molecule has 4 aromatic rings. The highest BCUT2D eigenvalue weighted by Gasteiger charge is 2.13. The van der Waals surface area contributed by atoms with Crippen LogP contribution in [0.3, 0.4) is 0 Å². The van der Waals surface area contributed by atoms with E-state index in [1.54, 1.807) is 22.9 Å². The minimum absolute atomic E-state index is 0.182. The summed E-state index contributed by atoms with van der Waals surface area (Å²) in [5.74, 6) is 0.874. The highest BCUT2D eigenvalue weighted by atomic mass is 32.2. The average molecular weight is 407 g/mol. The molecule has 1 N–H and O–H groups in total. The van der Waals surface area contributed by atoms with Crippen molar-refractivity contribution in [1.29, 1.82) is 0 Å². The van der Waals surface area contributed by atoms with Crippen molar-refractivity contribution in [2.45, 2.75) is 18.9 Å². The fraction of sp³-hybridized carbons (Fsp3) is 0.143. The van der Waals surface area contributed by atoms with E-state index in [9.17, 15) is 9.18 Å². The van der Waals surface area contributed by atoms with Crippen LogP contribution in [0.25, 0.3) is 16.6 Å². The number of hydrogen-bond donors (Lipinski definition) is 1. The minimum atomic E-state index is -0.327. The molecule has 0 saturated heterocycles. The number of para-hydroxylation sites is 1. The monoisotopic (exact) mass is 407 g/mol. The van der Waals surface area contributed by atoms with E-state index < -0.39 is 0 Å². The highest BCUT2D eigenvalue weighted by molar-refractivity contribution is 8.00. The molecule has 6 nitrogen and oxygen atoms in total. The summed E-state index contributed by atoms with van der Waals surface area (Å²) in [7, 11) is 0. The van der Waals surface area contributed by atoms with Crippen LogP contribution in [0.2, 0.25) is 0 Å². The number of aromatic nitrogens is 4. The zero-order chi connectivity index (χ0) is 20.4. The fourth-order valence-electron chi connectivity index (χ4n) is 2.95. The van der Waals surface area contributed by atoms with E-state index in [0.717, 1.165) is 21.6 Å². The molecule has 2 aromatic carbocycles. The Morgan fingerprint density at radius 3 is 2.66 bits per heavy atom. The Balaban J connectivity index is 1.51. The van der Waals surface area contributed by atoms with Gasteiger partial charge in [0.2, 0.25) is 5.91 Å². The van der Waals surface area contributed by atoms with Gasteiger partial charge in [0.25, 0.3) is 0 Å². The van der Waals surface area contributed by atoms with Crippen LogP contribution in [-0.4, -0.2) is 31.4 Å². The van der Waals surface area contributed by atoms with E-state index in [4.69, 9.17) is 0 Å². The van der Waals surface area contributed by atoms with Gasteiger partial charge in [0.1, 0.15) is 22.5 Å². The number of anilines is 1. The van der Waals surface area contributed by atoms with Crippen LogP contribution in [0.15, 0.2) is 59.6 Å². The number of rotatable bonds is 5. The van der Waals surface area contributed by atoms with E-state index in [2.05, 4.69) is 20.4 Å². The van der Waals surface area contributed by atoms with E-state index in [1.807, 2.05) is 38.1 Å². The van der Waals surface area contributed by atoms with Crippen molar-refractivity contribution >= 4 is 34.4 Å². The molecule has 0 aliphatic carbocycles. The Morgan fingerprint density at radius 1 is 1.10 bits per heavy atom. The second kappa shape index (κ2) is 8.00. The van der Waals surface area contributed by atoms with Crippen molar-refractivity contribution in [3.63, 3.8) is 0 Å². The molecule has 146 valence electrons. The molecular formula is C21H18FN5OS. The lowest BCUT2D eigenvalue weighted by Gasteiger charge is -2.09. The summed E-state index contributed by atoms with van der Waals surface area (Å²) >= 11 is 1.36. The molecule has 8 heteroatoms.